The lowest BCUT2D eigenvalue weighted by Crippen LogP contribution is -2.27. The molecule has 0 aliphatic rings. The van der Waals surface area contributed by atoms with Crippen LogP contribution in [0.3, 0.4) is 0 Å². The molecule has 0 saturated carbocycles. The van der Waals surface area contributed by atoms with Crippen LogP contribution in [0.25, 0.3) is 11.3 Å². The van der Waals surface area contributed by atoms with Crippen LogP contribution < -0.4 is 15.4 Å². The Balaban J connectivity index is 1.74. The van der Waals surface area contributed by atoms with E-state index >= 15 is 0 Å². The van der Waals surface area contributed by atoms with E-state index in [9.17, 15) is 9.59 Å². The molecule has 1 aromatic carbocycles. The van der Waals surface area contributed by atoms with Crippen molar-refractivity contribution in [1.82, 2.24) is 10.1 Å². The van der Waals surface area contributed by atoms with E-state index in [0.717, 1.165) is 0 Å². The van der Waals surface area contributed by atoms with E-state index < -0.39 is 17.6 Å². The van der Waals surface area contributed by atoms with Crippen molar-refractivity contribution >= 4 is 23.4 Å². The maximum atomic E-state index is 12.5. The van der Waals surface area contributed by atoms with Gasteiger partial charge in [-0.1, -0.05) is 5.16 Å². The highest BCUT2D eigenvalue weighted by molar-refractivity contribution is 6.04. The first-order valence-electron chi connectivity index (χ1n) is 9.11. The minimum Gasteiger partial charge on any atom is -0.495 e. The molecule has 0 saturated heterocycles. The molecule has 2 aromatic heterocycles. The second-order valence-electron chi connectivity index (χ2n) is 7.31. The molecule has 3 rings (SSSR count). The molecule has 2 amide bonds. The molecule has 30 heavy (non-hydrogen) atoms. The van der Waals surface area contributed by atoms with Crippen molar-refractivity contribution in [2.24, 2.45) is 0 Å². The third-order valence-electron chi connectivity index (χ3n) is 3.78. The van der Waals surface area contributed by atoms with Gasteiger partial charge in [-0.15, -0.1) is 0 Å². The summed E-state index contributed by atoms with van der Waals surface area (Å²) in [5.74, 6) is 0.372. The molecule has 0 aliphatic carbocycles. The predicted molar refractivity (Wildman–Crippen MR) is 111 cm³/mol. The number of amides is 2. The van der Waals surface area contributed by atoms with E-state index in [0.29, 0.717) is 28.4 Å². The first-order chi connectivity index (χ1) is 14.2. The first-order valence-corrected chi connectivity index (χ1v) is 9.11. The molecule has 2 heterocycles. The predicted octanol–water partition coefficient (Wildman–Crippen LogP) is 4.34. The van der Waals surface area contributed by atoms with Crippen molar-refractivity contribution in [3.63, 3.8) is 0 Å². The fourth-order valence-corrected chi connectivity index (χ4v) is 2.52. The number of benzene rings is 1. The van der Waals surface area contributed by atoms with E-state index in [1.54, 1.807) is 63.5 Å². The molecule has 9 nitrogen and oxygen atoms in total. The Morgan fingerprint density at radius 3 is 2.57 bits per heavy atom. The number of nitrogens with zero attached hydrogens (tertiary/aromatic N) is 2. The Hall–Kier alpha value is -3.88. The molecule has 156 valence electrons. The van der Waals surface area contributed by atoms with Gasteiger partial charge in [0.05, 0.1) is 12.8 Å². The topological polar surface area (TPSA) is 116 Å². The second kappa shape index (κ2) is 8.64. The van der Waals surface area contributed by atoms with Gasteiger partial charge in [0.15, 0.2) is 11.5 Å². The van der Waals surface area contributed by atoms with Crippen molar-refractivity contribution in [3.8, 4) is 17.1 Å². The largest absolute Gasteiger partial charge is 0.495 e. The summed E-state index contributed by atoms with van der Waals surface area (Å²) < 4.78 is 15.7. The van der Waals surface area contributed by atoms with Gasteiger partial charge in [0.2, 0.25) is 0 Å². The number of hydrogen-bond donors (Lipinski definition) is 2. The average Bonchev–Trinajstić information content (AvgIpc) is 3.18. The highest BCUT2D eigenvalue weighted by Gasteiger charge is 2.19. The highest BCUT2D eigenvalue weighted by atomic mass is 16.6. The number of hydrogen-bond acceptors (Lipinski definition) is 7. The smallest absolute Gasteiger partial charge is 0.412 e. The van der Waals surface area contributed by atoms with E-state index in [1.165, 1.54) is 13.2 Å². The highest BCUT2D eigenvalue weighted by Crippen LogP contribution is 2.29. The van der Waals surface area contributed by atoms with Crippen LogP contribution in [0.15, 0.2) is 53.3 Å². The Bertz CT molecular complexity index is 1040. The number of anilines is 2. The number of pyridine rings is 1. The molecule has 3 aromatic rings. The third kappa shape index (κ3) is 5.34. The number of methoxy groups -OCH3 is 1. The van der Waals surface area contributed by atoms with Gasteiger partial charge in [-0.3, -0.25) is 15.1 Å². The lowest BCUT2D eigenvalue weighted by Gasteiger charge is -2.20. The van der Waals surface area contributed by atoms with E-state index in [-0.39, 0.29) is 5.69 Å². The summed E-state index contributed by atoms with van der Waals surface area (Å²) in [5, 5.41) is 9.13. The molecule has 0 radical (unpaired) electrons. The maximum absolute atomic E-state index is 12.5. The molecule has 0 bridgehead atoms. The Kier molecular flexibility index (Phi) is 6.01. The van der Waals surface area contributed by atoms with Crippen LogP contribution in [0.4, 0.5) is 16.2 Å². The van der Waals surface area contributed by atoms with E-state index in [1.807, 2.05) is 0 Å². The van der Waals surface area contributed by atoms with Gasteiger partial charge in [-0.05, 0) is 51.1 Å². The first kappa shape index (κ1) is 20.8. The normalized spacial score (nSPS) is 10.9. The van der Waals surface area contributed by atoms with Gasteiger partial charge in [-0.25, -0.2) is 4.79 Å². The van der Waals surface area contributed by atoms with Gasteiger partial charge in [0.25, 0.3) is 5.91 Å². The lowest BCUT2D eigenvalue weighted by atomic mass is 10.2. The van der Waals surface area contributed by atoms with Crippen molar-refractivity contribution in [2.75, 3.05) is 17.7 Å². The monoisotopic (exact) mass is 410 g/mol. The van der Waals surface area contributed by atoms with Crippen LogP contribution in [-0.4, -0.2) is 34.9 Å². The number of nitrogens with one attached hydrogen (secondary N) is 2. The summed E-state index contributed by atoms with van der Waals surface area (Å²) in [6.07, 6.45) is 2.61. The Morgan fingerprint density at radius 2 is 1.90 bits per heavy atom. The molecule has 0 aliphatic heterocycles. The quantitative estimate of drug-likeness (QED) is 0.642. The van der Waals surface area contributed by atoms with Gasteiger partial charge >= 0.3 is 6.09 Å². The van der Waals surface area contributed by atoms with Crippen molar-refractivity contribution < 1.29 is 23.6 Å². The van der Waals surface area contributed by atoms with Crippen LogP contribution in [0, 0.1) is 0 Å². The number of rotatable bonds is 5. The molecular formula is C21H22N4O5. The number of carbonyl (C=O) groups excluding carboxylic acids is 2. The molecule has 0 atom stereocenters. The standard InChI is InChI=1S/C21H22N4O5/c1-21(2,3)29-20(27)24-15-10-14(7-8-17(15)28-4)23-19(26)16-11-18(30-25-16)13-6-5-9-22-12-13/h5-12H,1-4H3,(H,23,26)(H,24,27). The zero-order valence-electron chi connectivity index (χ0n) is 17.1. The molecule has 9 heteroatoms. The fraction of sp³-hybridized carbons (Fsp3) is 0.238. The maximum Gasteiger partial charge on any atom is 0.412 e. The van der Waals surface area contributed by atoms with Gasteiger partial charge in [0.1, 0.15) is 11.4 Å². The van der Waals surface area contributed by atoms with Crippen LogP contribution in [0.5, 0.6) is 5.75 Å². The van der Waals surface area contributed by atoms with Crippen LogP contribution in [0.1, 0.15) is 31.3 Å². The SMILES string of the molecule is COc1ccc(NC(=O)c2cc(-c3cccnc3)on2)cc1NC(=O)OC(C)(C)C. The second-order valence-corrected chi connectivity index (χ2v) is 7.31. The van der Waals surface area contributed by atoms with Gasteiger partial charge in [0, 0.05) is 29.7 Å². The zero-order valence-corrected chi connectivity index (χ0v) is 17.1. The van der Waals surface area contributed by atoms with Crippen LogP contribution in [0.2, 0.25) is 0 Å². The zero-order chi connectivity index (χ0) is 21.7. The van der Waals surface area contributed by atoms with Crippen molar-refractivity contribution in [2.45, 2.75) is 26.4 Å². The summed E-state index contributed by atoms with van der Waals surface area (Å²) in [4.78, 5) is 28.6. The van der Waals surface area contributed by atoms with E-state index in [4.69, 9.17) is 14.0 Å². The summed E-state index contributed by atoms with van der Waals surface area (Å²) >= 11 is 0. The molecule has 0 fully saturated rings. The minimum absolute atomic E-state index is 0.103. The molecular weight excluding hydrogens is 388 g/mol. The number of ether oxygens (including phenoxy) is 2. The summed E-state index contributed by atoms with van der Waals surface area (Å²) in [5.41, 5.74) is 0.935. The summed E-state index contributed by atoms with van der Waals surface area (Å²) in [6.45, 7) is 5.29. The van der Waals surface area contributed by atoms with Crippen LogP contribution in [-0.2, 0) is 4.74 Å². The summed E-state index contributed by atoms with van der Waals surface area (Å²) in [7, 11) is 1.48. The summed E-state index contributed by atoms with van der Waals surface area (Å²) in [6, 6.07) is 9.89. The fourth-order valence-electron chi connectivity index (χ4n) is 2.52. The number of aromatic nitrogens is 2. The van der Waals surface area contributed by atoms with Crippen LogP contribution >= 0.6 is 0 Å². The van der Waals surface area contributed by atoms with Crippen molar-refractivity contribution in [1.29, 1.82) is 0 Å². The molecule has 2 N–H and O–H groups in total. The Morgan fingerprint density at radius 1 is 1.10 bits per heavy atom. The van der Waals surface area contributed by atoms with Gasteiger partial charge in [-0.2, -0.15) is 0 Å². The number of carbonyl (C=O) groups is 2. The average molecular weight is 410 g/mol. The van der Waals surface area contributed by atoms with E-state index in [2.05, 4.69) is 20.8 Å². The Labute approximate surface area is 173 Å². The minimum atomic E-state index is -0.651. The molecule has 0 spiro atoms. The third-order valence-corrected chi connectivity index (χ3v) is 3.78. The molecule has 0 unspecified atom stereocenters. The lowest BCUT2D eigenvalue weighted by molar-refractivity contribution is 0.0635. The van der Waals surface area contributed by atoms with Crippen molar-refractivity contribution in [3.05, 3.63) is 54.5 Å². The van der Waals surface area contributed by atoms with Gasteiger partial charge < -0.3 is 19.3 Å².